The summed E-state index contributed by atoms with van der Waals surface area (Å²) in [4.78, 5) is 15.4. The molecule has 1 N–H and O–H groups in total. The van der Waals surface area contributed by atoms with Gasteiger partial charge in [-0.15, -0.1) is 0 Å². The molecule has 1 aromatic carbocycles. The van der Waals surface area contributed by atoms with Gasteiger partial charge in [-0.25, -0.2) is 0 Å². The van der Waals surface area contributed by atoms with Crippen LogP contribution in [0.2, 0.25) is 0 Å². The van der Waals surface area contributed by atoms with Crippen molar-refractivity contribution >= 4 is 11.6 Å². The number of hydrogen-bond donors (Lipinski definition) is 1. The molecule has 29 heavy (non-hydrogen) atoms. The number of carbonyl (C=O) groups is 1. The SMILES string of the molecule is CCCO[C@@](C)(CC(C)C)C(=O)Nc1ccc(OCCN2CCCC[C@@H]2C)cc1. The third-order valence-electron chi connectivity index (χ3n) is 5.60. The molecule has 1 aromatic rings. The second-order valence-corrected chi connectivity index (χ2v) is 8.89. The summed E-state index contributed by atoms with van der Waals surface area (Å²) in [5.74, 6) is 1.12. The van der Waals surface area contributed by atoms with Crippen LogP contribution in [0.5, 0.6) is 5.75 Å². The van der Waals surface area contributed by atoms with Gasteiger partial charge < -0.3 is 14.8 Å². The van der Waals surface area contributed by atoms with Crippen LogP contribution in [0.15, 0.2) is 24.3 Å². The average Bonchev–Trinajstić information content (AvgIpc) is 2.68. The van der Waals surface area contributed by atoms with E-state index < -0.39 is 5.60 Å². The van der Waals surface area contributed by atoms with Crippen molar-refractivity contribution in [3.05, 3.63) is 24.3 Å². The zero-order chi connectivity index (χ0) is 21.3. The van der Waals surface area contributed by atoms with Gasteiger partial charge in [0.05, 0.1) is 0 Å². The highest BCUT2D eigenvalue weighted by Gasteiger charge is 2.34. The van der Waals surface area contributed by atoms with Crippen LogP contribution in [0.1, 0.15) is 66.7 Å². The molecule has 2 rings (SSSR count). The van der Waals surface area contributed by atoms with Crippen molar-refractivity contribution in [2.75, 3.05) is 31.6 Å². The van der Waals surface area contributed by atoms with Crippen LogP contribution < -0.4 is 10.1 Å². The standard InChI is InChI=1S/C24H40N2O3/c1-6-16-29-24(5,18-19(2)3)23(27)25-21-10-12-22(13-11-21)28-17-15-26-14-8-7-9-20(26)4/h10-13,19-20H,6-9,14-18H2,1-5H3,(H,25,27)/t20-,24-/m0/s1. The van der Waals surface area contributed by atoms with Gasteiger partial charge in [0, 0.05) is 24.9 Å². The fourth-order valence-electron chi connectivity index (χ4n) is 3.99. The lowest BCUT2D eigenvalue weighted by Gasteiger charge is -2.33. The van der Waals surface area contributed by atoms with Crippen molar-refractivity contribution in [1.82, 2.24) is 4.90 Å². The van der Waals surface area contributed by atoms with Crippen molar-refractivity contribution in [3.8, 4) is 5.75 Å². The molecule has 0 saturated carbocycles. The minimum absolute atomic E-state index is 0.0904. The molecule has 164 valence electrons. The predicted molar refractivity (Wildman–Crippen MR) is 120 cm³/mol. The predicted octanol–water partition coefficient (Wildman–Crippen LogP) is 5.11. The molecule has 0 spiro atoms. The number of nitrogens with zero attached hydrogens (tertiary/aromatic N) is 1. The van der Waals surface area contributed by atoms with Crippen molar-refractivity contribution < 1.29 is 14.3 Å². The minimum atomic E-state index is -0.815. The van der Waals surface area contributed by atoms with E-state index in [4.69, 9.17) is 9.47 Å². The van der Waals surface area contributed by atoms with Gasteiger partial charge >= 0.3 is 0 Å². The lowest BCUT2D eigenvalue weighted by molar-refractivity contribution is -0.141. The van der Waals surface area contributed by atoms with Gasteiger partial charge in [0.2, 0.25) is 0 Å². The first-order chi connectivity index (χ1) is 13.8. The number of ether oxygens (including phenoxy) is 2. The number of benzene rings is 1. The molecular weight excluding hydrogens is 364 g/mol. The van der Waals surface area contributed by atoms with E-state index in [-0.39, 0.29) is 5.91 Å². The van der Waals surface area contributed by atoms with Crippen LogP contribution >= 0.6 is 0 Å². The smallest absolute Gasteiger partial charge is 0.256 e. The highest BCUT2D eigenvalue weighted by Crippen LogP contribution is 2.25. The molecule has 1 heterocycles. The van der Waals surface area contributed by atoms with Crippen LogP contribution in [-0.4, -0.2) is 48.8 Å². The maximum absolute atomic E-state index is 12.9. The molecule has 0 aliphatic carbocycles. The fraction of sp³-hybridized carbons (Fsp3) is 0.708. The van der Waals surface area contributed by atoms with Crippen LogP contribution in [0.4, 0.5) is 5.69 Å². The molecule has 1 amide bonds. The Morgan fingerprint density at radius 2 is 1.97 bits per heavy atom. The van der Waals surface area contributed by atoms with E-state index in [0.717, 1.165) is 24.4 Å². The Morgan fingerprint density at radius 1 is 1.24 bits per heavy atom. The van der Waals surface area contributed by atoms with E-state index >= 15 is 0 Å². The number of likely N-dealkylation sites (tertiary alicyclic amines) is 1. The van der Waals surface area contributed by atoms with Gasteiger partial charge in [0.25, 0.3) is 5.91 Å². The quantitative estimate of drug-likeness (QED) is 0.557. The van der Waals surface area contributed by atoms with Gasteiger partial charge in [-0.2, -0.15) is 0 Å². The molecule has 1 fully saturated rings. The second-order valence-electron chi connectivity index (χ2n) is 8.89. The zero-order valence-electron chi connectivity index (χ0n) is 19.0. The third kappa shape index (κ3) is 7.63. The highest BCUT2D eigenvalue weighted by atomic mass is 16.5. The highest BCUT2D eigenvalue weighted by molar-refractivity contribution is 5.97. The Kier molecular flexibility index (Phi) is 9.44. The Morgan fingerprint density at radius 3 is 2.59 bits per heavy atom. The lowest BCUT2D eigenvalue weighted by atomic mass is 9.93. The topological polar surface area (TPSA) is 50.8 Å². The van der Waals surface area contributed by atoms with E-state index in [1.165, 1.54) is 25.8 Å². The first kappa shape index (κ1) is 23.7. The molecule has 0 aromatic heterocycles. The van der Waals surface area contributed by atoms with Crippen LogP contribution in [-0.2, 0) is 9.53 Å². The maximum atomic E-state index is 12.9. The Balaban J connectivity index is 1.85. The first-order valence-corrected chi connectivity index (χ1v) is 11.3. The second kappa shape index (κ2) is 11.6. The fourth-order valence-corrected chi connectivity index (χ4v) is 3.99. The van der Waals surface area contributed by atoms with E-state index in [1.54, 1.807) is 0 Å². The van der Waals surface area contributed by atoms with Gasteiger partial charge in [-0.1, -0.05) is 27.2 Å². The minimum Gasteiger partial charge on any atom is -0.492 e. The third-order valence-corrected chi connectivity index (χ3v) is 5.60. The number of hydrogen-bond acceptors (Lipinski definition) is 4. The van der Waals surface area contributed by atoms with E-state index in [2.05, 4.69) is 37.9 Å². The number of piperidine rings is 1. The zero-order valence-corrected chi connectivity index (χ0v) is 19.0. The normalized spacial score (nSPS) is 19.7. The summed E-state index contributed by atoms with van der Waals surface area (Å²) in [6.45, 7) is 13.9. The van der Waals surface area contributed by atoms with Crippen LogP contribution in [0.3, 0.4) is 0 Å². The van der Waals surface area contributed by atoms with Crippen LogP contribution in [0.25, 0.3) is 0 Å². The first-order valence-electron chi connectivity index (χ1n) is 11.3. The maximum Gasteiger partial charge on any atom is 0.256 e. The van der Waals surface area contributed by atoms with Gasteiger partial charge in [-0.3, -0.25) is 9.69 Å². The molecule has 0 bridgehead atoms. The van der Waals surface area contributed by atoms with E-state index in [9.17, 15) is 4.79 Å². The monoisotopic (exact) mass is 404 g/mol. The van der Waals surface area contributed by atoms with E-state index in [1.807, 2.05) is 31.2 Å². The molecule has 2 atom stereocenters. The Labute approximate surface area is 177 Å². The summed E-state index contributed by atoms with van der Waals surface area (Å²) in [7, 11) is 0. The molecule has 1 saturated heterocycles. The summed E-state index contributed by atoms with van der Waals surface area (Å²) in [5.41, 5.74) is -0.0492. The summed E-state index contributed by atoms with van der Waals surface area (Å²) in [6.07, 6.45) is 5.49. The number of rotatable bonds is 11. The van der Waals surface area contributed by atoms with Crippen molar-refractivity contribution in [1.29, 1.82) is 0 Å². The van der Waals surface area contributed by atoms with E-state index in [0.29, 0.717) is 31.6 Å². The molecular formula is C24H40N2O3. The number of amides is 1. The number of carbonyl (C=O) groups excluding carboxylic acids is 1. The van der Waals surface area contributed by atoms with Crippen molar-refractivity contribution in [2.45, 2.75) is 78.4 Å². The Hall–Kier alpha value is -1.59. The van der Waals surface area contributed by atoms with Gasteiger partial charge in [-0.05, 0) is 76.3 Å². The van der Waals surface area contributed by atoms with Gasteiger partial charge in [0.15, 0.2) is 0 Å². The number of anilines is 1. The largest absolute Gasteiger partial charge is 0.492 e. The molecule has 5 heteroatoms. The lowest BCUT2D eigenvalue weighted by Crippen LogP contribution is -2.44. The molecule has 1 aliphatic rings. The average molecular weight is 405 g/mol. The Bertz CT molecular complexity index is 617. The summed E-state index contributed by atoms with van der Waals surface area (Å²) in [6, 6.07) is 8.28. The molecule has 1 aliphatic heterocycles. The van der Waals surface area contributed by atoms with Crippen molar-refractivity contribution in [2.24, 2.45) is 5.92 Å². The summed E-state index contributed by atoms with van der Waals surface area (Å²) < 4.78 is 11.8. The summed E-state index contributed by atoms with van der Waals surface area (Å²) >= 11 is 0. The van der Waals surface area contributed by atoms with Crippen molar-refractivity contribution in [3.63, 3.8) is 0 Å². The molecule has 5 nitrogen and oxygen atoms in total. The van der Waals surface area contributed by atoms with Gasteiger partial charge in [0.1, 0.15) is 18.0 Å². The molecule has 0 radical (unpaired) electrons. The summed E-state index contributed by atoms with van der Waals surface area (Å²) in [5, 5.41) is 3.01. The molecule has 0 unspecified atom stereocenters. The number of nitrogens with one attached hydrogen (secondary N) is 1. The van der Waals surface area contributed by atoms with Crippen LogP contribution in [0, 0.1) is 5.92 Å².